The van der Waals surface area contributed by atoms with E-state index in [-0.39, 0.29) is 15.7 Å². The Balaban J connectivity index is 2.22. The molecule has 2 aromatic heterocycles. The molecule has 2 heterocycles. The van der Waals surface area contributed by atoms with Crippen LogP contribution in [0.3, 0.4) is 0 Å². The molecule has 0 saturated carbocycles. The van der Waals surface area contributed by atoms with Gasteiger partial charge in [-0.3, -0.25) is 9.78 Å². The van der Waals surface area contributed by atoms with Crippen LogP contribution in [0.2, 0.25) is 15.2 Å². The van der Waals surface area contributed by atoms with E-state index >= 15 is 0 Å². The fraction of sp³-hybridized carbons (Fsp3) is 0. The molecule has 0 aliphatic carbocycles. The summed E-state index contributed by atoms with van der Waals surface area (Å²) in [7, 11) is 0. The van der Waals surface area contributed by atoms with Gasteiger partial charge in [-0.2, -0.15) is 0 Å². The van der Waals surface area contributed by atoms with Gasteiger partial charge in [-0.15, -0.1) is 0 Å². The number of rotatable bonds is 2. The van der Waals surface area contributed by atoms with Crippen LogP contribution in [0.4, 0.5) is 5.69 Å². The molecule has 2 rings (SSSR count). The first kappa shape index (κ1) is 13.1. The molecule has 0 spiro atoms. The van der Waals surface area contributed by atoms with E-state index in [2.05, 4.69) is 15.3 Å². The van der Waals surface area contributed by atoms with Gasteiger partial charge in [0.1, 0.15) is 5.15 Å². The highest BCUT2D eigenvalue weighted by atomic mass is 35.5. The predicted octanol–water partition coefficient (Wildman–Crippen LogP) is 3.69. The minimum absolute atomic E-state index is 0.146. The van der Waals surface area contributed by atoms with Gasteiger partial charge in [-0.1, -0.05) is 34.8 Å². The zero-order valence-electron chi connectivity index (χ0n) is 8.82. The molecular weight excluding hydrogens is 296 g/mol. The molecule has 0 bridgehead atoms. The molecule has 0 atom stereocenters. The van der Waals surface area contributed by atoms with Gasteiger partial charge >= 0.3 is 0 Å². The van der Waals surface area contributed by atoms with Crippen LogP contribution in [0.1, 0.15) is 10.4 Å². The summed E-state index contributed by atoms with van der Waals surface area (Å²) in [6.45, 7) is 0. The van der Waals surface area contributed by atoms with Crippen molar-refractivity contribution in [2.45, 2.75) is 0 Å². The van der Waals surface area contributed by atoms with Gasteiger partial charge in [-0.05, 0) is 12.1 Å². The number of carbonyl (C=O) groups excluding carboxylic acids is 1. The van der Waals surface area contributed by atoms with Crippen LogP contribution in [0.25, 0.3) is 0 Å². The Morgan fingerprint density at radius 3 is 2.61 bits per heavy atom. The molecule has 0 fully saturated rings. The number of pyridine rings is 2. The molecule has 0 aliphatic rings. The summed E-state index contributed by atoms with van der Waals surface area (Å²) in [5.74, 6) is -0.393. The second-order valence-electron chi connectivity index (χ2n) is 3.31. The van der Waals surface area contributed by atoms with E-state index < -0.39 is 5.91 Å². The lowest BCUT2D eigenvalue weighted by atomic mass is 10.2. The third kappa shape index (κ3) is 2.90. The second kappa shape index (κ2) is 5.52. The van der Waals surface area contributed by atoms with Crippen molar-refractivity contribution < 1.29 is 4.79 Å². The first-order valence-corrected chi connectivity index (χ1v) is 5.93. The Morgan fingerprint density at radius 1 is 1.17 bits per heavy atom. The molecule has 0 aliphatic heterocycles. The molecule has 0 aromatic carbocycles. The number of amides is 1. The first-order valence-electron chi connectivity index (χ1n) is 4.80. The summed E-state index contributed by atoms with van der Waals surface area (Å²) in [4.78, 5) is 19.5. The quantitative estimate of drug-likeness (QED) is 0.861. The third-order valence-corrected chi connectivity index (χ3v) is 3.09. The van der Waals surface area contributed by atoms with Crippen LogP contribution in [-0.2, 0) is 0 Å². The van der Waals surface area contributed by atoms with Crippen LogP contribution < -0.4 is 5.32 Å². The van der Waals surface area contributed by atoms with Crippen LogP contribution in [0.15, 0.2) is 30.7 Å². The molecular formula is C11H6Cl3N3O. The van der Waals surface area contributed by atoms with Gasteiger partial charge in [0.05, 0.1) is 27.5 Å². The zero-order chi connectivity index (χ0) is 13.1. The SMILES string of the molecule is O=C(Nc1cnccc1Cl)c1cnc(Cl)c(Cl)c1. The number of nitrogens with one attached hydrogen (secondary N) is 1. The van der Waals surface area contributed by atoms with E-state index in [0.29, 0.717) is 10.7 Å². The molecule has 0 saturated heterocycles. The molecule has 7 heteroatoms. The first-order chi connectivity index (χ1) is 8.58. The van der Waals surface area contributed by atoms with E-state index in [1.54, 1.807) is 6.07 Å². The Morgan fingerprint density at radius 2 is 1.94 bits per heavy atom. The normalized spacial score (nSPS) is 10.2. The summed E-state index contributed by atoms with van der Waals surface area (Å²) in [5, 5.41) is 3.35. The highest BCUT2D eigenvalue weighted by Gasteiger charge is 2.11. The van der Waals surface area contributed by atoms with Gasteiger partial charge in [0.25, 0.3) is 5.91 Å². The van der Waals surface area contributed by atoms with Crippen molar-refractivity contribution in [1.82, 2.24) is 9.97 Å². The maximum atomic E-state index is 11.9. The zero-order valence-corrected chi connectivity index (χ0v) is 11.1. The summed E-state index contributed by atoms with van der Waals surface area (Å²) in [5.41, 5.74) is 0.694. The standard InChI is InChI=1S/C11H6Cl3N3O/c12-7-1-2-15-5-9(7)17-11(18)6-3-8(13)10(14)16-4-6/h1-5H,(H,17,18). The summed E-state index contributed by atoms with van der Waals surface area (Å²) in [6.07, 6.45) is 4.30. The third-order valence-electron chi connectivity index (χ3n) is 2.07. The number of halogens is 3. The minimum Gasteiger partial charge on any atom is -0.319 e. The fourth-order valence-electron chi connectivity index (χ4n) is 1.21. The lowest BCUT2D eigenvalue weighted by molar-refractivity contribution is 0.102. The summed E-state index contributed by atoms with van der Waals surface area (Å²) < 4.78 is 0. The molecule has 1 amide bonds. The maximum absolute atomic E-state index is 11.9. The van der Waals surface area contributed by atoms with Gasteiger partial charge in [-0.25, -0.2) is 4.98 Å². The molecule has 0 unspecified atom stereocenters. The van der Waals surface area contributed by atoms with E-state index in [1.165, 1.54) is 24.7 Å². The highest BCUT2D eigenvalue weighted by Crippen LogP contribution is 2.22. The Hall–Kier alpha value is -1.36. The van der Waals surface area contributed by atoms with Gasteiger partial charge in [0.2, 0.25) is 0 Å². The molecule has 1 N–H and O–H groups in total. The van der Waals surface area contributed by atoms with Gasteiger partial charge < -0.3 is 5.32 Å². The number of aromatic nitrogens is 2. The van der Waals surface area contributed by atoms with Crippen molar-refractivity contribution >= 4 is 46.4 Å². The van der Waals surface area contributed by atoms with Crippen molar-refractivity contribution in [2.75, 3.05) is 5.32 Å². The van der Waals surface area contributed by atoms with Crippen molar-refractivity contribution in [1.29, 1.82) is 0 Å². The average molecular weight is 303 g/mol. The lowest BCUT2D eigenvalue weighted by Crippen LogP contribution is -2.12. The molecule has 0 radical (unpaired) electrons. The largest absolute Gasteiger partial charge is 0.319 e. The second-order valence-corrected chi connectivity index (χ2v) is 4.48. The fourth-order valence-corrected chi connectivity index (χ4v) is 1.63. The van der Waals surface area contributed by atoms with Crippen molar-refractivity contribution in [3.8, 4) is 0 Å². The lowest BCUT2D eigenvalue weighted by Gasteiger charge is -2.06. The smallest absolute Gasteiger partial charge is 0.257 e. The topological polar surface area (TPSA) is 54.9 Å². The van der Waals surface area contributed by atoms with Crippen molar-refractivity contribution in [3.05, 3.63) is 51.5 Å². The number of carbonyl (C=O) groups is 1. The number of hydrogen-bond donors (Lipinski definition) is 1. The molecule has 2 aromatic rings. The maximum Gasteiger partial charge on any atom is 0.257 e. The van der Waals surface area contributed by atoms with E-state index in [0.717, 1.165) is 0 Å². The Labute approximate surface area is 118 Å². The molecule has 92 valence electrons. The molecule has 18 heavy (non-hydrogen) atoms. The van der Waals surface area contributed by atoms with Gasteiger partial charge in [0.15, 0.2) is 0 Å². The number of anilines is 1. The van der Waals surface area contributed by atoms with Crippen LogP contribution in [0.5, 0.6) is 0 Å². The van der Waals surface area contributed by atoms with E-state index in [9.17, 15) is 4.79 Å². The van der Waals surface area contributed by atoms with E-state index in [4.69, 9.17) is 34.8 Å². The predicted molar refractivity (Wildman–Crippen MR) is 71.5 cm³/mol. The number of hydrogen-bond acceptors (Lipinski definition) is 3. The van der Waals surface area contributed by atoms with Crippen molar-refractivity contribution in [3.63, 3.8) is 0 Å². The van der Waals surface area contributed by atoms with E-state index in [1.807, 2.05) is 0 Å². The summed E-state index contributed by atoms with van der Waals surface area (Å²) >= 11 is 17.3. The summed E-state index contributed by atoms with van der Waals surface area (Å²) in [6, 6.07) is 3.00. The van der Waals surface area contributed by atoms with Crippen LogP contribution >= 0.6 is 34.8 Å². The Bertz CT molecular complexity index is 604. The highest BCUT2D eigenvalue weighted by molar-refractivity contribution is 6.41. The van der Waals surface area contributed by atoms with Crippen LogP contribution in [-0.4, -0.2) is 15.9 Å². The monoisotopic (exact) mass is 301 g/mol. The average Bonchev–Trinajstić information content (AvgIpc) is 2.35. The van der Waals surface area contributed by atoms with Crippen LogP contribution in [0, 0.1) is 0 Å². The molecule has 4 nitrogen and oxygen atoms in total. The number of nitrogens with zero attached hydrogens (tertiary/aromatic N) is 2. The minimum atomic E-state index is -0.393. The van der Waals surface area contributed by atoms with Crippen molar-refractivity contribution in [2.24, 2.45) is 0 Å². The van der Waals surface area contributed by atoms with Gasteiger partial charge in [0, 0.05) is 12.4 Å². The Kier molecular flexibility index (Phi) is 4.01.